The standard InChI is InChI=1S/C21H35FO2/c1-2-3-4-5-16-6-8-17(9-7-16)19-14-23-21(24-15-19)18-10-12-20(22)13-11-18/h12,16-19,21H,2-11,13-15H2,1H3/t16-,17-,18?,19-,21-. The fourth-order valence-corrected chi connectivity index (χ4v) is 4.78. The Kier molecular flexibility index (Phi) is 7.15. The smallest absolute Gasteiger partial charge is 0.160 e. The van der Waals surface area contributed by atoms with E-state index in [9.17, 15) is 4.39 Å². The number of ether oxygens (including phenoxy) is 2. The quantitative estimate of drug-likeness (QED) is 0.552. The second kappa shape index (κ2) is 9.33. The highest BCUT2D eigenvalue weighted by Crippen LogP contribution is 2.38. The molecular weight excluding hydrogens is 303 g/mol. The Labute approximate surface area is 147 Å². The SMILES string of the molecule is CCCCC[C@H]1CC[C@H]([C@H]2CO[C@H](C3CC=C(F)CC3)OC2)CC1. The van der Waals surface area contributed by atoms with Gasteiger partial charge < -0.3 is 9.47 Å². The van der Waals surface area contributed by atoms with Crippen LogP contribution in [0, 0.1) is 23.7 Å². The molecule has 3 aliphatic rings. The van der Waals surface area contributed by atoms with Gasteiger partial charge in [-0.3, -0.25) is 0 Å². The second-order valence-electron chi connectivity index (χ2n) is 8.26. The molecule has 2 nitrogen and oxygen atoms in total. The van der Waals surface area contributed by atoms with Crippen molar-refractivity contribution in [3.8, 4) is 0 Å². The molecule has 1 saturated carbocycles. The minimum Gasteiger partial charge on any atom is -0.352 e. The van der Waals surface area contributed by atoms with Crippen molar-refractivity contribution in [1.82, 2.24) is 0 Å². The third-order valence-corrected chi connectivity index (χ3v) is 6.50. The molecule has 1 atom stereocenters. The van der Waals surface area contributed by atoms with E-state index in [0.29, 0.717) is 18.3 Å². The zero-order valence-corrected chi connectivity index (χ0v) is 15.4. The Bertz CT molecular complexity index is 393. The van der Waals surface area contributed by atoms with Crippen LogP contribution in [0.5, 0.6) is 0 Å². The van der Waals surface area contributed by atoms with Gasteiger partial charge in [-0.2, -0.15) is 0 Å². The summed E-state index contributed by atoms with van der Waals surface area (Å²) in [4.78, 5) is 0. The van der Waals surface area contributed by atoms with E-state index in [2.05, 4.69) is 6.92 Å². The Morgan fingerprint density at radius 2 is 1.71 bits per heavy atom. The van der Waals surface area contributed by atoms with Gasteiger partial charge in [-0.15, -0.1) is 0 Å². The molecule has 1 aliphatic heterocycles. The van der Waals surface area contributed by atoms with Gasteiger partial charge in [0.05, 0.1) is 19.0 Å². The number of hydrogen-bond donors (Lipinski definition) is 0. The lowest BCUT2D eigenvalue weighted by molar-refractivity contribution is -0.233. The van der Waals surface area contributed by atoms with Crippen LogP contribution in [0.3, 0.4) is 0 Å². The van der Waals surface area contributed by atoms with Gasteiger partial charge in [0.1, 0.15) is 0 Å². The fourth-order valence-electron chi connectivity index (χ4n) is 4.78. The van der Waals surface area contributed by atoms with Crippen molar-refractivity contribution in [3.05, 3.63) is 11.9 Å². The van der Waals surface area contributed by atoms with E-state index in [1.165, 1.54) is 51.4 Å². The lowest BCUT2D eigenvalue weighted by Crippen LogP contribution is -2.40. The maximum atomic E-state index is 13.1. The molecule has 0 spiro atoms. The van der Waals surface area contributed by atoms with Crippen LogP contribution in [-0.4, -0.2) is 19.5 Å². The normalized spacial score (nSPS) is 37.9. The van der Waals surface area contributed by atoms with Crippen LogP contribution in [0.15, 0.2) is 11.9 Å². The van der Waals surface area contributed by atoms with E-state index in [1.807, 2.05) is 0 Å². The summed E-state index contributed by atoms with van der Waals surface area (Å²) in [7, 11) is 0. The average molecular weight is 339 g/mol. The van der Waals surface area contributed by atoms with Gasteiger partial charge in [0, 0.05) is 11.8 Å². The van der Waals surface area contributed by atoms with E-state index < -0.39 is 0 Å². The highest BCUT2D eigenvalue weighted by Gasteiger charge is 2.34. The first kappa shape index (κ1) is 18.4. The van der Waals surface area contributed by atoms with Crippen molar-refractivity contribution >= 4 is 0 Å². The van der Waals surface area contributed by atoms with Gasteiger partial charge in [-0.05, 0) is 43.9 Å². The van der Waals surface area contributed by atoms with E-state index in [1.54, 1.807) is 6.08 Å². The summed E-state index contributed by atoms with van der Waals surface area (Å²) < 4.78 is 25.2. The summed E-state index contributed by atoms with van der Waals surface area (Å²) in [6.07, 6.45) is 14.9. The van der Waals surface area contributed by atoms with Crippen LogP contribution in [0.25, 0.3) is 0 Å². The van der Waals surface area contributed by atoms with Gasteiger partial charge in [0.15, 0.2) is 6.29 Å². The van der Waals surface area contributed by atoms with Crippen LogP contribution < -0.4 is 0 Å². The second-order valence-corrected chi connectivity index (χ2v) is 8.26. The third kappa shape index (κ3) is 5.05. The van der Waals surface area contributed by atoms with Gasteiger partial charge in [-0.25, -0.2) is 4.39 Å². The van der Waals surface area contributed by atoms with Crippen molar-refractivity contribution in [2.75, 3.05) is 13.2 Å². The third-order valence-electron chi connectivity index (χ3n) is 6.50. The summed E-state index contributed by atoms with van der Waals surface area (Å²) in [6, 6.07) is 0. The Balaban J connectivity index is 1.35. The first-order valence-corrected chi connectivity index (χ1v) is 10.3. The van der Waals surface area contributed by atoms with Gasteiger partial charge in [0.25, 0.3) is 0 Å². The zero-order chi connectivity index (χ0) is 16.8. The van der Waals surface area contributed by atoms with Crippen LogP contribution >= 0.6 is 0 Å². The molecule has 1 heterocycles. The number of unbranched alkanes of at least 4 members (excludes halogenated alkanes) is 2. The molecule has 138 valence electrons. The van der Waals surface area contributed by atoms with Crippen molar-refractivity contribution in [1.29, 1.82) is 0 Å². The Morgan fingerprint density at radius 3 is 2.33 bits per heavy atom. The van der Waals surface area contributed by atoms with Crippen molar-refractivity contribution in [3.63, 3.8) is 0 Å². The predicted molar refractivity (Wildman–Crippen MR) is 95.3 cm³/mol. The largest absolute Gasteiger partial charge is 0.352 e. The molecule has 3 rings (SSSR count). The molecule has 0 N–H and O–H groups in total. The van der Waals surface area contributed by atoms with Crippen LogP contribution in [-0.2, 0) is 9.47 Å². The molecule has 0 aromatic carbocycles. The molecule has 1 unspecified atom stereocenters. The fraction of sp³-hybridized carbons (Fsp3) is 0.905. The van der Waals surface area contributed by atoms with Gasteiger partial charge in [0.2, 0.25) is 0 Å². The monoisotopic (exact) mass is 338 g/mol. The predicted octanol–water partition coefficient (Wildman–Crippen LogP) is 6.02. The highest BCUT2D eigenvalue weighted by molar-refractivity contribution is 4.98. The molecule has 3 heteroatoms. The molecule has 0 bridgehead atoms. The number of rotatable bonds is 6. The number of halogens is 1. The number of allylic oxidation sites excluding steroid dienone is 2. The molecule has 24 heavy (non-hydrogen) atoms. The zero-order valence-electron chi connectivity index (χ0n) is 15.4. The topological polar surface area (TPSA) is 18.5 Å². The van der Waals surface area contributed by atoms with Gasteiger partial charge in [-0.1, -0.05) is 51.5 Å². The van der Waals surface area contributed by atoms with Crippen molar-refractivity contribution in [2.24, 2.45) is 23.7 Å². The van der Waals surface area contributed by atoms with Gasteiger partial charge >= 0.3 is 0 Å². The average Bonchev–Trinajstić information content (AvgIpc) is 2.63. The van der Waals surface area contributed by atoms with Crippen molar-refractivity contribution < 1.29 is 13.9 Å². The van der Waals surface area contributed by atoms with Crippen LogP contribution in [0.1, 0.15) is 77.6 Å². The molecular formula is C21H35FO2. The highest BCUT2D eigenvalue weighted by atomic mass is 19.1. The van der Waals surface area contributed by atoms with Crippen LogP contribution in [0.4, 0.5) is 4.39 Å². The van der Waals surface area contributed by atoms with Crippen molar-refractivity contribution in [2.45, 2.75) is 83.8 Å². The maximum absolute atomic E-state index is 13.1. The minimum atomic E-state index is -0.101. The molecule has 2 aliphatic carbocycles. The van der Waals surface area contributed by atoms with E-state index >= 15 is 0 Å². The summed E-state index contributed by atoms with van der Waals surface area (Å²) in [5.41, 5.74) is 0. The van der Waals surface area contributed by atoms with Crippen LogP contribution in [0.2, 0.25) is 0 Å². The molecule has 0 aromatic rings. The minimum absolute atomic E-state index is 0.0376. The number of hydrogen-bond acceptors (Lipinski definition) is 2. The molecule has 2 fully saturated rings. The lowest BCUT2D eigenvalue weighted by Gasteiger charge is -2.40. The molecule has 1 saturated heterocycles. The van der Waals surface area contributed by atoms with E-state index in [-0.39, 0.29) is 12.1 Å². The maximum Gasteiger partial charge on any atom is 0.160 e. The molecule has 0 aromatic heterocycles. The summed E-state index contributed by atoms with van der Waals surface area (Å²) in [6.45, 7) is 3.98. The molecule has 0 radical (unpaired) electrons. The summed E-state index contributed by atoms with van der Waals surface area (Å²) >= 11 is 0. The van der Waals surface area contributed by atoms with E-state index in [0.717, 1.165) is 37.9 Å². The Morgan fingerprint density at radius 1 is 0.958 bits per heavy atom. The first-order chi connectivity index (χ1) is 11.8. The Hall–Kier alpha value is -0.410. The van der Waals surface area contributed by atoms with E-state index in [4.69, 9.17) is 9.47 Å². The lowest BCUT2D eigenvalue weighted by atomic mass is 9.74. The molecule has 0 amide bonds. The first-order valence-electron chi connectivity index (χ1n) is 10.3. The summed E-state index contributed by atoms with van der Waals surface area (Å²) in [5, 5.41) is 0. The summed E-state index contributed by atoms with van der Waals surface area (Å²) in [5.74, 6) is 2.72.